The second-order valence-corrected chi connectivity index (χ2v) is 6.19. The topological polar surface area (TPSA) is 80.3 Å². The Hall–Kier alpha value is -2.60. The number of carbonyl (C=O) groups is 1. The molecule has 2 heterocycles. The summed E-state index contributed by atoms with van der Waals surface area (Å²) < 4.78 is 7.48. The van der Waals surface area contributed by atoms with Gasteiger partial charge in [-0.15, -0.1) is 0 Å². The van der Waals surface area contributed by atoms with Crippen LogP contribution >= 0.6 is 0 Å². The van der Waals surface area contributed by atoms with Gasteiger partial charge in [0.15, 0.2) is 0 Å². The van der Waals surface area contributed by atoms with Gasteiger partial charge in [-0.25, -0.2) is 0 Å². The van der Waals surface area contributed by atoms with Crippen molar-refractivity contribution in [2.45, 2.75) is 32.9 Å². The molecule has 3 aromatic rings. The van der Waals surface area contributed by atoms with Crippen LogP contribution in [0.3, 0.4) is 0 Å². The Morgan fingerprint density at radius 3 is 2.75 bits per heavy atom. The Morgan fingerprint density at radius 2 is 2.08 bits per heavy atom. The van der Waals surface area contributed by atoms with Crippen LogP contribution in [0.2, 0.25) is 0 Å². The van der Waals surface area contributed by atoms with Gasteiger partial charge in [-0.1, -0.05) is 0 Å². The Morgan fingerprint density at radius 1 is 1.33 bits per heavy atom. The van der Waals surface area contributed by atoms with Crippen LogP contribution in [-0.4, -0.2) is 26.9 Å². The third-order valence-electron chi connectivity index (χ3n) is 4.20. The van der Waals surface area contributed by atoms with E-state index < -0.39 is 12.0 Å². The molecule has 2 aromatic heterocycles. The SMILES string of the molecule is Cc1cc2cc(CNC(Cc3cnn(C)c3)C(=O)O)oc2cc1C. The summed E-state index contributed by atoms with van der Waals surface area (Å²) in [5.41, 5.74) is 4.10. The summed E-state index contributed by atoms with van der Waals surface area (Å²) in [6.45, 7) is 4.47. The van der Waals surface area contributed by atoms with Gasteiger partial charge in [-0.2, -0.15) is 5.10 Å². The van der Waals surface area contributed by atoms with E-state index in [4.69, 9.17) is 4.42 Å². The van der Waals surface area contributed by atoms with Crippen molar-refractivity contribution in [2.75, 3.05) is 0 Å². The number of hydrogen-bond donors (Lipinski definition) is 2. The number of aliphatic carboxylic acids is 1. The lowest BCUT2D eigenvalue weighted by atomic mass is 10.1. The Kier molecular flexibility index (Phi) is 4.40. The lowest BCUT2D eigenvalue weighted by Crippen LogP contribution is -2.37. The van der Waals surface area contributed by atoms with E-state index in [0.717, 1.165) is 22.3 Å². The van der Waals surface area contributed by atoms with Gasteiger partial charge in [-0.05, 0) is 48.7 Å². The van der Waals surface area contributed by atoms with Crippen LogP contribution in [0.15, 0.2) is 35.0 Å². The summed E-state index contributed by atoms with van der Waals surface area (Å²) in [6.07, 6.45) is 3.89. The number of benzene rings is 1. The molecule has 1 atom stereocenters. The van der Waals surface area contributed by atoms with E-state index >= 15 is 0 Å². The third kappa shape index (κ3) is 3.49. The molecule has 0 spiro atoms. The predicted molar refractivity (Wildman–Crippen MR) is 90.9 cm³/mol. The number of aromatic nitrogens is 2. The zero-order chi connectivity index (χ0) is 17.3. The van der Waals surface area contributed by atoms with E-state index in [1.54, 1.807) is 10.9 Å². The highest BCUT2D eigenvalue weighted by Crippen LogP contribution is 2.23. The van der Waals surface area contributed by atoms with Crippen molar-refractivity contribution in [1.82, 2.24) is 15.1 Å². The molecule has 0 bridgehead atoms. The molecule has 6 heteroatoms. The molecule has 0 radical (unpaired) electrons. The summed E-state index contributed by atoms with van der Waals surface area (Å²) in [6, 6.07) is 5.36. The quantitative estimate of drug-likeness (QED) is 0.727. The van der Waals surface area contributed by atoms with Crippen LogP contribution in [0.4, 0.5) is 0 Å². The van der Waals surface area contributed by atoms with E-state index in [1.807, 2.05) is 32.3 Å². The second kappa shape index (κ2) is 6.49. The minimum absolute atomic E-state index is 0.365. The van der Waals surface area contributed by atoms with E-state index in [-0.39, 0.29) is 0 Å². The maximum Gasteiger partial charge on any atom is 0.321 e. The molecule has 3 rings (SSSR count). The number of hydrogen-bond acceptors (Lipinski definition) is 4. The van der Waals surface area contributed by atoms with Gasteiger partial charge in [0, 0.05) is 25.1 Å². The van der Waals surface area contributed by atoms with Gasteiger partial charge in [0.25, 0.3) is 0 Å². The molecule has 1 unspecified atom stereocenters. The van der Waals surface area contributed by atoms with Gasteiger partial charge in [0.2, 0.25) is 0 Å². The van der Waals surface area contributed by atoms with Gasteiger partial charge in [-0.3, -0.25) is 14.8 Å². The molecule has 0 aliphatic heterocycles. The van der Waals surface area contributed by atoms with E-state index in [2.05, 4.69) is 23.4 Å². The van der Waals surface area contributed by atoms with Crippen molar-refractivity contribution in [1.29, 1.82) is 0 Å². The van der Waals surface area contributed by atoms with Crippen molar-refractivity contribution in [3.8, 4) is 0 Å². The van der Waals surface area contributed by atoms with Crippen LogP contribution in [0, 0.1) is 13.8 Å². The summed E-state index contributed by atoms with van der Waals surface area (Å²) in [7, 11) is 1.81. The van der Waals surface area contributed by atoms with E-state index in [9.17, 15) is 9.90 Å². The lowest BCUT2D eigenvalue weighted by Gasteiger charge is -2.12. The fourth-order valence-electron chi connectivity index (χ4n) is 2.73. The first-order valence-corrected chi connectivity index (χ1v) is 7.86. The smallest absolute Gasteiger partial charge is 0.321 e. The monoisotopic (exact) mass is 327 g/mol. The van der Waals surface area contributed by atoms with Crippen LogP contribution in [0.5, 0.6) is 0 Å². The molecular formula is C18H21N3O3. The van der Waals surface area contributed by atoms with Crippen molar-refractivity contribution in [3.63, 3.8) is 0 Å². The number of fused-ring (bicyclic) bond motifs is 1. The number of aryl methyl sites for hydroxylation is 3. The molecule has 126 valence electrons. The van der Waals surface area contributed by atoms with E-state index in [0.29, 0.717) is 13.0 Å². The summed E-state index contributed by atoms with van der Waals surface area (Å²) >= 11 is 0. The minimum atomic E-state index is -0.887. The normalized spacial score (nSPS) is 12.6. The molecule has 0 saturated carbocycles. The number of furan rings is 1. The number of nitrogens with zero attached hydrogens (tertiary/aromatic N) is 2. The predicted octanol–water partition coefficient (Wildman–Crippen LogP) is 2.57. The highest BCUT2D eigenvalue weighted by Gasteiger charge is 2.19. The Labute approximate surface area is 140 Å². The van der Waals surface area contributed by atoms with Crippen LogP contribution in [0.25, 0.3) is 11.0 Å². The lowest BCUT2D eigenvalue weighted by molar-refractivity contribution is -0.139. The fraction of sp³-hybridized carbons (Fsp3) is 0.333. The molecule has 0 amide bonds. The number of carboxylic acid groups (broad SMARTS) is 1. The zero-order valence-corrected chi connectivity index (χ0v) is 14.0. The highest BCUT2D eigenvalue weighted by atomic mass is 16.4. The molecule has 6 nitrogen and oxygen atoms in total. The Balaban J connectivity index is 1.71. The molecular weight excluding hydrogens is 306 g/mol. The van der Waals surface area contributed by atoms with E-state index in [1.165, 1.54) is 11.1 Å². The molecule has 1 aromatic carbocycles. The van der Waals surface area contributed by atoms with Crippen molar-refractivity contribution in [3.05, 3.63) is 53.0 Å². The standard InChI is InChI=1S/C18H21N3O3/c1-11-4-14-7-15(24-17(14)5-12(11)2)9-19-16(18(22)23)6-13-8-20-21(3)10-13/h4-5,7-8,10,16,19H,6,9H2,1-3H3,(H,22,23). The number of nitrogens with one attached hydrogen (secondary N) is 1. The molecule has 0 aliphatic carbocycles. The van der Waals surface area contributed by atoms with Crippen LogP contribution in [-0.2, 0) is 24.8 Å². The van der Waals surface area contributed by atoms with Gasteiger partial charge < -0.3 is 9.52 Å². The molecule has 0 aliphatic rings. The van der Waals surface area contributed by atoms with Crippen LogP contribution in [0.1, 0.15) is 22.5 Å². The average Bonchev–Trinajstić information content (AvgIpc) is 3.09. The average molecular weight is 327 g/mol. The molecule has 24 heavy (non-hydrogen) atoms. The first kappa shape index (κ1) is 16.3. The van der Waals surface area contributed by atoms with Crippen molar-refractivity contribution < 1.29 is 14.3 Å². The van der Waals surface area contributed by atoms with Gasteiger partial charge in [0.1, 0.15) is 17.4 Å². The first-order chi connectivity index (χ1) is 11.4. The summed E-state index contributed by atoms with van der Waals surface area (Å²) in [5, 5.41) is 17.6. The number of rotatable bonds is 6. The first-order valence-electron chi connectivity index (χ1n) is 7.86. The fourth-order valence-corrected chi connectivity index (χ4v) is 2.73. The minimum Gasteiger partial charge on any atom is -0.480 e. The van der Waals surface area contributed by atoms with Crippen LogP contribution < -0.4 is 5.32 Å². The summed E-state index contributed by atoms with van der Waals surface area (Å²) in [4.78, 5) is 11.5. The second-order valence-electron chi connectivity index (χ2n) is 6.19. The highest BCUT2D eigenvalue weighted by molar-refractivity contribution is 5.79. The zero-order valence-electron chi connectivity index (χ0n) is 14.0. The molecule has 2 N–H and O–H groups in total. The van der Waals surface area contributed by atoms with Crippen molar-refractivity contribution in [2.24, 2.45) is 7.05 Å². The van der Waals surface area contributed by atoms with Gasteiger partial charge in [0.05, 0.1) is 12.7 Å². The Bertz CT molecular complexity index is 840. The summed E-state index contributed by atoms with van der Waals surface area (Å²) in [5.74, 6) is -0.158. The van der Waals surface area contributed by atoms with Gasteiger partial charge >= 0.3 is 5.97 Å². The maximum absolute atomic E-state index is 11.5. The van der Waals surface area contributed by atoms with Crippen molar-refractivity contribution >= 4 is 16.9 Å². The molecule has 0 saturated heterocycles. The number of carboxylic acids is 1. The largest absolute Gasteiger partial charge is 0.480 e. The molecule has 0 fully saturated rings. The third-order valence-corrected chi connectivity index (χ3v) is 4.20. The maximum atomic E-state index is 11.5.